The van der Waals surface area contributed by atoms with Crippen molar-refractivity contribution in [2.75, 3.05) is 13.2 Å². The van der Waals surface area contributed by atoms with Crippen molar-refractivity contribution >= 4 is 16.4 Å². The van der Waals surface area contributed by atoms with E-state index in [2.05, 4.69) is 18.0 Å². The van der Waals surface area contributed by atoms with E-state index in [-0.39, 0.29) is 6.42 Å². The van der Waals surface area contributed by atoms with Gasteiger partial charge in [0.1, 0.15) is 0 Å². The van der Waals surface area contributed by atoms with Crippen molar-refractivity contribution in [3.63, 3.8) is 0 Å². The van der Waals surface area contributed by atoms with Crippen LogP contribution in [0.1, 0.15) is 123 Å². The van der Waals surface area contributed by atoms with Crippen LogP contribution in [-0.4, -0.2) is 32.2 Å². The molecule has 1 atom stereocenters. The van der Waals surface area contributed by atoms with Crippen LogP contribution in [0.15, 0.2) is 0 Å². The molecule has 0 radical (unpaired) electrons. The van der Waals surface area contributed by atoms with Crippen LogP contribution in [0.2, 0.25) is 0 Å². The lowest BCUT2D eigenvalue weighted by Crippen LogP contribution is -2.17. The maximum absolute atomic E-state index is 11.8. The minimum absolute atomic E-state index is 0.179. The second kappa shape index (κ2) is 20.3. The molecule has 6 nitrogen and oxygen atoms in total. The highest BCUT2D eigenvalue weighted by molar-refractivity contribution is 7.80. The molecule has 0 aliphatic rings. The Balaban J connectivity index is 4.09. The number of carbonyl (C=O) groups excluding carboxylic acids is 1. The van der Waals surface area contributed by atoms with Gasteiger partial charge in [-0.3, -0.25) is 9.35 Å². The zero-order chi connectivity index (χ0) is 22.5. The third-order valence-electron chi connectivity index (χ3n) is 5.45. The number of carbonyl (C=O) groups is 1. The van der Waals surface area contributed by atoms with Crippen molar-refractivity contribution < 1.29 is 26.7 Å². The molecule has 0 amide bonds. The zero-order valence-corrected chi connectivity index (χ0v) is 20.2. The predicted octanol–water partition coefficient (Wildman–Crippen LogP) is 6.64. The highest BCUT2D eigenvalue weighted by atomic mass is 32.3. The minimum Gasteiger partial charge on any atom is -0.465 e. The molecule has 0 rings (SSSR count). The van der Waals surface area contributed by atoms with Crippen molar-refractivity contribution in [2.24, 2.45) is 5.92 Å². The molecule has 1 unspecified atom stereocenters. The first kappa shape index (κ1) is 29.3. The monoisotopic (exact) mass is 450 g/mol. The molecule has 0 heterocycles. The molecule has 0 bridgehead atoms. The van der Waals surface area contributed by atoms with Crippen molar-refractivity contribution in [3.05, 3.63) is 0 Å². The standard InChI is InChI=1S/C23H46O6S/c1-3-5-7-9-11-12-14-16-18-22(17-15-13-10-8-6-4-2)21-28-23(24)19-20-29-30(25,26)27/h22H,3-21H2,1-2H3,(H,25,26,27). The lowest BCUT2D eigenvalue weighted by atomic mass is 9.94. The molecule has 0 aromatic heterocycles. The number of rotatable bonds is 22. The third kappa shape index (κ3) is 22.0. The first-order valence-electron chi connectivity index (χ1n) is 12.2. The van der Waals surface area contributed by atoms with Gasteiger partial charge in [0.15, 0.2) is 0 Å². The van der Waals surface area contributed by atoms with E-state index in [9.17, 15) is 13.2 Å². The molecule has 0 saturated carbocycles. The molecular formula is C23H46O6S. The molecular weight excluding hydrogens is 404 g/mol. The van der Waals surface area contributed by atoms with Gasteiger partial charge in [-0.1, -0.05) is 104 Å². The number of unbranched alkanes of at least 4 members (excludes halogenated alkanes) is 12. The average molecular weight is 451 g/mol. The van der Waals surface area contributed by atoms with Crippen LogP contribution < -0.4 is 0 Å². The Morgan fingerprint density at radius 2 is 1.20 bits per heavy atom. The molecule has 0 aromatic rings. The molecule has 30 heavy (non-hydrogen) atoms. The van der Waals surface area contributed by atoms with Crippen molar-refractivity contribution in [2.45, 2.75) is 123 Å². The quantitative estimate of drug-likeness (QED) is 0.113. The molecule has 1 N–H and O–H groups in total. The zero-order valence-electron chi connectivity index (χ0n) is 19.4. The molecule has 0 spiro atoms. The highest BCUT2D eigenvalue weighted by Gasteiger charge is 2.13. The van der Waals surface area contributed by atoms with E-state index in [0.29, 0.717) is 12.5 Å². The fourth-order valence-electron chi connectivity index (χ4n) is 3.60. The van der Waals surface area contributed by atoms with Gasteiger partial charge in [-0.25, -0.2) is 4.18 Å². The van der Waals surface area contributed by atoms with E-state index < -0.39 is 23.0 Å². The van der Waals surface area contributed by atoms with Gasteiger partial charge in [0.2, 0.25) is 0 Å². The van der Waals surface area contributed by atoms with Gasteiger partial charge in [0.05, 0.1) is 19.6 Å². The highest BCUT2D eigenvalue weighted by Crippen LogP contribution is 2.20. The Kier molecular flexibility index (Phi) is 19.8. The number of hydrogen-bond donors (Lipinski definition) is 1. The van der Waals surface area contributed by atoms with Crippen molar-refractivity contribution in [1.82, 2.24) is 0 Å². The topological polar surface area (TPSA) is 89.9 Å². The van der Waals surface area contributed by atoms with Crippen LogP contribution in [0, 0.1) is 5.92 Å². The van der Waals surface area contributed by atoms with Crippen LogP contribution in [0.25, 0.3) is 0 Å². The van der Waals surface area contributed by atoms with Gasteiger partial charge in [-0.05, 0) is 18.8 Å². The Bertz CT molecular complexity index is 492. The Hall–Kier alpha value is -0.660. The molecule has 7 heteroatoms. The van der Waals surface area contributed by atoms with E-state index in [0.717, 1.165) is 25.7 Å². The molecule has 0 saturated heterocycles. The van der Waals surface area contributed by atoms with E-state index >= 15 is 0 Å². The predicted molar refractivity (Wildman–Crippen MR) is 122 cm³/mol. The summed E-state index contributed by atoms with van der Waals surface area (Å²) in [7, 11) is -4.51. The van der Waals surface area contributed by atoms with E-state index in [1.807, 2.05) is 0 Å². The van der Waals surface area contributed by atoms with E-state index in [1.165, 1.54) is 77.0 Å². The number of hydrogen-bond acceptors (Lipinski definition) is 5. The Morgan fingerprint density at radius 1 is 0.767 bits per heavy atom. The van der Waals surface area contributed by atoms with E-state index in [4.69, 9.17) is 9.29 Å². The molecule has 0 fully saturated rings. The van der Waals surface area contributed by atoms with Gasteiger partial charge in [-0.15, -0.1) is 0 Å². The first-order chi connectivity index (χ1) is 14.4. The third-order valence-corrected chi connectivity index (χ3v) is 5.91. The number of ether oxygens (including phenoxy) is 1. The fraction of sp³-hybridized carbons (Fsp3) is 0.957. The normalized spacial score (nSPS) is 12.8. The lowest BCUT2D eigenvalue weighted by molar-refractivity contribution is -0.145. The summed E-state index contributed by atoms with van der Waals surface area (Å²) in [4.78, 5) is 11.8. The van der Waals surface area contributed by atoms with Gasteiger partial charge >= 0.3 is 16.4 Å². The summed E-state index contributed by atoms with van der Waals surface area (Å²) in [6.07, 6.45) is 19.7. The van der Waals surface area contributed by atoms with Crippen molar-refractivity contribution in [1.29, 1.82) is 0 Å². The van der Waals surface area contributed by atoms with Crippen LogP contribution >= 0.6 is 0 Å². The second-order valence-corrected chi connectivity index (χ2v) is 9.46. The average Bonchev–Trinajstić information content (AvgIpc) is 2.69. The van der Waals surface area contributed by atoms with Gasteiger partial charge in [0.25, 0.3) is 0 Å². The molecule has 0 aliphatic carbocycles. The minimum atomic E-state index is -4.51. The van der Waals surface area contributed by atoms with Gasteiger partial charge in [0, 0.05) is 0 Å². The van der Waals surface area contributed by atoms with Crippen molar-refractivity contribution in [3.8, 4) is 0 Å². The molecule has 180 valence electrons. The van der Waals surface area contributed by atoms with Crippen LogP contribution in [0.3, 0.4) is 0 Å². The Labute approximate surface area is 185 Å². The molecule has 0 aliphatic heterocycles. The maximum atomic E-state index is 11.8. The summed E-state index contributed by atoms with van der Waals surface area (Å²) in [5.74, 6) is -0.120. The SMILES string of the molecule is CCCCCCCCCCC(CCCCCCCC)COC(=O)CCOS(=O)(=O)O. The van der Waals surface area contributed by atoms with Crippen LogP contribution in [-0.2, 0) is 24.1 Å². The maximum Gasteiger partial charge on any atom is 0.397 e. The first-order valence-corrected chi connectivity index (χ1v) is 13.5. The Morgan fingerprint density at radius 3 is 1.63 bits per heavy atom. The fourth-order valence-corrected chi connectivity index (χ4v) is 3.90. The summed E-state index contributed by atoms with van der Waals surface area (Å²) in [6.45, 7) is 4.45. The van der Waals surface area contributed by atoms with E-state index in [1.54, 1.807) is 0 Å². The smallest absolute Gasteiger partial charge is 0.397 e. The van der Waals surface area contributed by atoms with Crippen LogP contribution in [0.4, 0.5) is 0 Å². The lowest BCUT2D eigenvalue weighted by Gasteiger charge is -2.17. The van der Waals surface area contributed by atoms with Gasteiger partial charge < -0.3 is 4.74 Å². The summed E-state index contributed by atoms with van der Waals surface area (Å²) in [6, 6.07) is 0. The summed E-state index contributed by atoms with van der Waals surface area (Å²) >= 11 is 0. The largest absolute Gasteiger partial charge is 0.465 e. The summed E-state index contributed by atoms with van der Waals surface area (Å²) < 4.78 is 39.1. The van der Waals surface area contributed by atoms with Gasteiger partial charge in [-0.2, -0.15) is 8.42 Å². The summed E-state index contributed by atoms with van der Waals surface area (Å²) in [5.41, 5.74) is 0. The number of esters is 1. The summed E-state index contributed by atoms with van der Waals surface area (Å²) in [5, 5.41) is 0. The van der Waals surface area contributed by atoms with Crippen LogP contribution in [0.5, 0.6) is 0 Å². The molecule has 0 aromatic carbocycles. The second-order valence-electron chi connectivity index (χ2n) is 8.37.